The van der Waals surface area contributed by atoms with E-state index in [-0.39, 0.29) is 11.8 Å². The van der Waals surface area contributed by atoms with Crippen LogP contribution in [0.3, 0.4) is 0 Å². The summed E-state index contributed by atoms with van der Waals surface area (Å²) in [6.45, 7) is 5.12. The Balaban J connectivity index is 2.86. The molecule has 0 saturated carbocycles. The van der Waals surface area contributed by atoms with Crippen LogP contribution in [0.4, 0.5) is 0 Å². The van der Waals surface area contributed by atoms with Gasteiger partial charge in [-0.05, 0) is 11.5 Å². The maximum absolute atomic E-state index is 12.5. The van der Waals surface area contributed by atoms with Crippen molar-refractivity contribution >= 4 is 17.7 Å². The van der Waals surface area contributed by atoms with Crippen LogP contribution in [0.1, 0.15) is 32.8 Å². The van der Waals surface area contributed by atoms with Crippen LogP contribution in [0, 0.1) is 5.92 Å². The average Bonchev–Trinajstić information content (AvgIpc) is 2.51. The van der Waals surface area contributed by atoms with Gasteiger partial charge in [-0.1, -0.05) is 50.6 Å². The van der Waals surface area contributed by atoms with E-state index in [1.54, 1.807) is 0 Å². The van der Waals surface area contributed by atoms with Gasteiger partial charge in [0, 0.05) is 13.3 Å². The second-order valence-electron chi connectivity index (χ2n) is 5.72. The minimum absolute atomic E-state index is 0.0776. The Kier molecular flexibility index (Phi) is 7.25. The molecule has 0 unspecified atom stereocenters. The number of hydrogen-bond donors (Lipinski definition) is 3. The first-order chi connectivity index (χ1) is 10.8. The van der Waals surface area contributed by atoms with E-state index in [1.165, 1.54) is 6.92 Å². The fourth-order valence-electron chi connectivity index (χ4n) is 2.29. The summed E-state index contributed by atoms with van der Waals surface area (Å²) in [7, 11) is 0. The van der Waals surface area contributed by atoms with E-state index < -0.39 is 23.9 Å². The zero-order valence-electron chi connectivity index (χ0n) is 13.8. The van der Waals surface area contributed by atoms with Gasteiger partial charge in [0.15, 0.2) is 0 Å². The van der Waals surface area contributed by atoms with E-state index >= 15 is 0 Å². The number of carbonyl (C=O) groups is 3. The monoisotopic (exact) mass is 319 g/mol. The van der Waals surface area contributed by atoms with Gasteiger partial charge < -0.3 is 16.4 Å². The third-order valence-electron chi connectivity index (χ3n) is 3.79. The van der Waals surface area contributed by atoms with Crippen molar-refractivity contribution in [3.63, 3.8) is 0 Å². The van der Waals surface area contributed by atoms with E-state index in [0.29, 0.717) is 12.8 Å². The van der Waals surface area contributed by atoms with Gasteiger partial charge in [0.25, 0.3) is 0 Å². The summed E-state index contributed by atoms with van der Waals surface area (Å²) in [6.07, 6.45) is 1.05. The number of nitrogens with one attached hydrogen (secondary N) is 2. The summed E-state index contributed by atoms with van der Waals surface area (Å²) in [6, 6.07) is 7.86. The summed E-state index contributed by atoms with van der Waals surface area (Å²) in [5, 5.41) is 5.29. The fraction of sp³-hybridized carbons (Fsp3) is 0.471. The van der Waals surface area contributed by atoms with E-state index in [0.717, 1.165) is 5.56 Å². The summed E-state index contributed by atoms with van der Waals surface area (Å²) in [5.41, 5.74) is 6.29. The molecule has 0 radical (unpaired) electrons. The molecule has 0 aliphatic carbocycles. The van der Waals surface area contributed by atoms with Crippen molar-refractivity contribution in [2.75, 3.05) is 0 Å². The van der Waals surface area contributed by atoms with Crippen molar-refractivity contribution in [2.24, 2.45) is 11.7 Å². The minimum atomic E-state index is -0.750. The molecule has 0 fully saturated rings. The van der Waals surface area contributed by atoms with E-state index in [2.05, 4.69) is 10.6 Å². The zero-order valence-corrected chi connectivity index (χ0v) is 13.8. The predicted octanol–water partition coefficient (Wildman–Crippen LogP) is 0.750. The topological polar surface area (TPSA) is 101 Å². The fourth-order valence-corrected chi connectivity index (χ4v) is 2.29. The number of nitrogens with two attached hydrogens (primary N) is 1. The molecule has 0 bridgehead atoms. The Morgan fingerprint density at radius 2 is 1.74 bits per heavy atom. The molecule has 1 aromatic rings. The number of benzene rings is 1. The molecule has 1 aromatic carbocycles. The quantitative estimate of drug-likeness (QED) is 0.659. The second-order valence-corrected chi connectivity index (χ2v) is 5.72. The Morgan fingerprint density at radius 1 is 1.13 bits per heavy atom. The molecule has 126 valence electrons. The van der Waals surface area contributed by atoms with E-state index in [1.807, 2.05) is 44.2 Å². The summed E-state index contributed by atoms with van der Waals surface area (Å²) < 4.78 is 0. The lowest BCUT2D eigenvalue weighted by Gasteiger charge is -2.24. The zero-order chi connectivity index (χ0) is 17.4. The first kappa shape index (κ1) is 18.7. The second kappa shape index (κ2) is 8.92. The number of carbonyl (C=O) groups excluding carboxylic acids is 3. The summed E-state index contributed by atoms with van der Waals surface area (Å²) in [5.74, 6) is -1.37. The number of primary amides is 1. The highest BCUT2D eigenvalue weighted by Crippen LogP contribution is 2.09. The Bertz CT molecular complexity index is 545. The third kappa shape index (κ3) is 6.10. The van der Waals surface area contributed by atoms with E-state index in [4.69, 9.17) is 5.73 Å². The Morgan fingerprint density at radius 3 is 2.22 bits per heavy atom. The van der Waals surface area contributed by atoms with Crippen LogP contribution >= 0.6 is 0 Å². The molecule has 3 atom stereocenters. The Hall–Kier alpha value is -2.37. The number of rotatable bonds is 8. The van der Waals surface area contributed by atoms with Crippen LogP contribution in [0.2, 0.25) is 0 Å². The van der Waals surface area contributed by atoms with Gasteiger partial charge in [-0.3, -0.25) is 14.4 Å². The third-order valence-corrected chi connectivity index (χ3v) is 3.79. The van der Waals surface area contributed by atoms with Crippen molar-refractivity contribution in [3.05, 3.63) is 35.9 Å². The molecule has 6 heteroatoms. The molecule has 1 rings (SSSR count). The van der Waals surface area contributed by atoms with Crippen LogP contribution in [-0.2, 0) is 20.8 Å². The largest absolute Gasteiger partial charge is 0.368 e. The van der Waals surface area contributed by atoms with Gasteiger partial charge in [0.05, 0.1) is 0 Å². The molecule has 0 saturated heterocycles. The molecular formula is C17H25N3O3. The lowest BCUT2D eigenvalue weighted by atomic mass is 9.97. The van der Waals surface area contributed by atoms with Crippen molar-refractivity contribution in [3.8, 4) is 0 Å². The van der Waals surface area contributed by atoms with Gasteiger partial charge >= 0.3 is 0 Å². The maximum atomic E-state index is 12.5. The Labute approximate surface area is 136 Å². The SMILES string of the molecule is CC[C@H](C)[C@H](NC(=O)[C@H](Cc1ccccc1)NC(C)=O)C(N)=O. The molecule has 3 amide bonds. The van der Waals surface area contributed by atoms with Crippen LogP contribution in [-0.4, -0.2) is 29.8 Å². The average molecular weight is 319 g/mol. The molecule has 0 spiro atoms. The summed E-state index contributed by atoms with van der Waals surface area (Å²) in [4.78, 5) is 35.4. The molecule has 0 heterocycles. The minimum Gasteiger partial charge on any atom is -0.368 e. The lowest BCUT2D eigenvalue weighted by Crippen LogP contribution is -2.55. The molecule has 23 heavy (non-hydrogen) atoms. The molecular weight excluding hydrogens is 294 g/mol. The first-order valence-electron chi connectivity index (χ1n) is 7.75. The van der Waals surface area contributed by atoms with Crippen LogP contribution in [0.5, 0.6) is 0 Å². The van der Waals surface area contributed by atoms with Gasteiger partial charge in [0.2, 0.25) is 17.7 Å². The lowest BCUT2D eigenvalue weighted by molar-refractivity contribution is -0.131. The van der Waals surface area contributed by atoms with Crippen LogP contribution in [0.15, 0.2) is 30.3 Å². The normalized spacial score (nSPS) is 14.4. The molecule has 0 aliphatic heterocycles. The number of amides is 3. The highest BCUT2D eigenvalue weighted by Gasteiger charge is 2.28. The van der Waals surface area contributed by atoms with Gasteiger partial charge in [0.1, 0.15) is 12.1 Å². The highest BCUT2D eigenvalue weighted by molar-refractivity contribution is 5.91. The van der Waals surface area contributed by atoms with E-state index in [9.17, 15) is 14.4 Å². The van der Waals surface area contributed by atoms with Crippen molar-refractivity contribution in [1.82, 2.24) is 10.6 Å². The van der Waals surface area contributed by atoms with Gasteiger partial charge in [-0.15, -0.1) is 0 Å². The van der Waals surface area contributed by atoms with Crippen molar-refractivity contribution in [1.29, 1.82) is 0 Å². The standard InChI is InChI=1S/C17H25N3O3/c1-4-11(2)15(16(18)22)20-17(23)14(19-12(3)21)10-13-8-6-5-7-9-13/h5-9,11,14-15H,4,10H2,1-3H3,(H2,18,22)(H,19,21)(H,20,23)/t11-,14-,15-/m0/s1. The molecule has 6 nitrogen and oxygen atoms in total. The van der Waals surface area contributed by atoms with Crippen LogP contribution < -0.4 is 16.4 Å². The van der Waals surface area contributed by atoms with Crippen molar-refractivity contribution in [2.45, 2.75) is 45.7 Å². The molecule has 0 aliphatic rings. The molecule has 0 aromatic heterocycles. The number of hydrogen-bond acceptors (Lipinski definition) is 3. The van der Waals surface area contributed by atoms with Crippen LogP contribution in [0.25, 0.3) is 0 Å². The summed E-state index contributed by atoms with van der Waals surface area (Å²) >= 11 is 0. The highest BCUT2D eigenvalue weighted by atomic mass is 16.2. The smallest absolute Gasteiger partial charge is 0.243 e. The predicted molar refractivity (Wildman–Crippen MR) is 88.3 cm³/mol. The first-order valence-corrected chi connectivity index (χ1v) is 7.75. The maximum Gasteiger partial charge on any atom is 0.243 e. The van der Waals surface area contributed by atoms with Crippen molar-refractivity contribution < 1.29 is 14.4 Å². The van der Waals surface area contributed by atoms with Gasteiger partial charge in [-0.2, -0.15) is 0 Å². The van der Waals surface area contributed by atoms with Gasteiger partial charge in [-0.25, -0.2) is 0 Å². The molecule has 4 N–H and O–H groups in total.